The summed E-state index contributed by atoms with van der Waals surface area (Å²) in [4.78, 5) is 0. The van der Waals surface area contributed by atoms with Crippen LogP contribution in [0.1, 0.15) is 32.6 Å². The topological polar surface area (TPSA) is 49.7 Å². The van der Waals surface area contributed by atoms with Gasteiger partial charge in [0.05, 0.1) is 12.7 Å². The van der Waals surface area contributed by atoms with Gasteiger partial charge in [-0.15, -0.1) is 0 Å². The van der Waals surface area contributed by atoms with E-state index in [1.54, 1.807) is 7.11 Å². The Hall–Kier alpha value is 0.0969. The van der Waals surface area contributed by atoms with Crippen LogP contribution >= 0.6 is 0 Å². The minimum absolute atomic E-state index is 0.152. The summed E-state index contributed by atoms with van der Waals surface area (Å²) in [6.07, 6.45) is 4.34. The molecule has 0 saturated carbocycles. The van der Waals surface area contributed by atoms with Crippen LogP contribution in [-0.2, 0) is 4.43 Å². The van der Waals surface area contributed by atoms with Gasteiger partial charge in [-0.1, -0.05) is 32.6 Å². The molecule has 0 saturated heterocycles. The van der Waals surface area contributed by atoms with Gasteiger partial charge in [0.1, 0.15) is 0 Å². The molecular formula is C11H26O3Si. The lowest BCUT2D eigenvalue weighted by Crippen LogP contribution is -2.38. The molecule has 15 heavy (non-hydrogen) atoms. The smallest absolute Gasteiger partial charge is 0.191 e. The summed E-state index contributed by atoms with van der Waals surface area (Å²) in [6.45, 7) is 4.18. The monoisotopic (exact) mass is 234 g/mol. The maximum Gasteiger partial charge on any atom is 0.191 e. The van der Waals surface area contributed by atoms with Crippen LogP contribution in [0.4, 0.5) is 0 Å². The average Bonchev–Trinajstić information content (AvgIpc) is 2.24. The molecule has 0 fully saturated rings. The molecule has 0 rings (SSSR count). The maximum absolute atomic E-state index is 9.43. The first-order chi connectivity index (χ1) is 7.08. The molecule has 0 aromatic rings. The highest BCUT2D eigenvalue weighted by Crippen LogP contribution is 2.22. The summed E-state index contributed by atoms with van der Waals surface area (Å²) < 4.78 is 5.56. The van der Waals surface area contributed by atoms with Gasteiger partial charge in [0, 0.05) is 7.11 Å². The Kier molecular flexibility index (Phi) is 8.33. The Morgan fingerprint density at radius 3 is 2.40 bits per heavy atom. The van der Waals surface area contributed by atoms with Crippen molar-refractivity contribution < 1.29 is 14.6 Å². The van der Waals surface area contributed by atoms with Crippen molar-refractivity contribution in [3.05, 3.63) is 0 Å². The van der Waals surface area contributed by atoms with E-state index in [1.807, 2.05) is 0 Å². The molecule has 0 bridgehead atoms. The van der Waals surface area contributed by atoms with E-state index in [1.165, 1.54) is 25.7 Å². The molecule has 0 aromatic heterocycles. The highest BCUT2D eigenvalue weighted by atomic mass is 28.4. The average molecular weight is 234 g/mol. The molecule has 0 radical (unpaired) electrons. The fourth-order valence-electron chi connectivity index (χ4n) is 1.78. The zero-order valence-corrected chi connectivity index (χ0v) is 11.3. The number of hydrogen-bond donors (Lipinski definition) is 2. The molecule has 2 N–H and O–H groups in total. The zero-order valence-electron chi connectivity index (χ0n) is 10.3. The third-order valence-electron chi connectivity index (χ3n) is 2.93. The van der Waals surface area contributed by atoms with E-state index >= 15 is 0 Å². The van der Waals surface area contributed by atoms with Crippen LogP contribution in [-0.4, -0.2) is 38.4 Å². The van der Waals surface area contributed by atoms with Crippen molar-refractivity contribution in [2.24, 2.45) is 0 Å². The Balaban J connectivity index is 3.85. The molecule has 0 aliphatic rings. The van der Waals surface area contributed by atoms with E-state index in [2.05, 4.69) is 13.5 Å². The summed E-state index contributed by atoms with van der Waals surface area (Å²) in [5.41, 5.74) is 0. The number of hydrogen-bond acceptors (Lipinski definition) is 3. The fourth-order valence-corrected chi connectivity index (χ4v) is 4.47. The maximum atomic E-state index is 9.43. The quantitative estimate of drug-likeness (QED) is 0.475. The molecule has 3 nitrogen and oxygen atoms in total. The first-order valence-corrected chi connectivity index (χ1v) is 8.74. The fraction of sp³-hybridized carbons (Fsp3) is 1.00. The van der Waals surface area contributed by atoms with E-state index < -0.39 is 14.4 Å². The molecule has 92 valence electrons. The second kappa shape index (κ2) is 8.27. The standard InChI is InChI=1S/C11H26O3Si/c1-4-5-6-7-8-15(3,14-2)10-11(13)9-12/h11-13H,4-10H2,1-3H3. The Morgan fingerprint density at radius 2 is 1.93 bits per heavy atom. The summed E-state index contributed by atoms with van der Waals surface area (Å²) in [5, 5.41) is 18.3. The molecule has 0 aliphatic carbocycles. The van der Waals surface area contributed by atoms with Crippen molar-refractivity contribution in [1.29, 1.82) is 0 Å². The Bertz CT molecular complexity index is 155. The van der Waals surface area contributed by atoms with Crippen molar-refractivity contribution in [2.75, 3.05) is 13.7 Å². The van der Waals surface area contributed by atoms with Crippen LogP contribution in [0.15, 0.2) is 0 Å². The molecule has 2 unspecified atom stereocenters. The van der Waals surface area contributed by atoms with E-state index in [9.17, 15) is 5.11 Å². The van der Waals surface area contributed by atoms with Crippen LogP contribution in [0.5, 0.6) is 0 Å². The lowest BCUT2D eigenvalue weighted by atomic mass is 10.2. The SMILES string of the molecule is CCCCCC[Si](C)(CC(O)CO)OC. The molecule has 0 aromatic carbocycles. The normalized spacial score (nSPS) is 17.4. The number of aliphatic hydroxyl groups excluding tert-OH is 2. The molecule has 0 spiro atoms. The molecule has 2 atom stereocenters. The lowest BCUT2D eigenvalue weighted by molar-refractivity contribution is 0.105. The predicted molar refractivity (Wildman–Crippen MR) is 65.5 cm³/mol. The van der Waals surface area contributed by atoms with Gasteiger partial charge in [0.2, 0.25) is 0 Å². The predicted octanol–water partition coefficient (Wildman–Crippen LogP) is 2.14. The summed E-state index contributed by atoms with van der Waals surface area (Å²) in [5.74, 6) is 0. The van der Waals surface area contributed by atoms with Crippen LogP contribution in [0.3, 0.4) is 0 Å². The number of rotatable bonds is 9. The van der Waals surface area contributed by atoms with Gasteiger partial charge in [-0.2, -0.15) is 0 Å². The minimum Gasteiger partial charge on any atom is -0.420 e. The number of unbranched alkanes of at least 4 members (excludes halogenated alkanes) is 3. The summed E-state index contributed by atoms with van der Waals surface area (Å²) in [7, 11) is -0.0351. The minimum atomic E-state index is -1.77. The third-order valence-corrected chi connectivity index (χ3v) is 6.66. The van der Waals surface area contributed by atoms with Gasteiger partial charge < -0.3 is 14.6 Å². The van der Waals surface area contributed by atoms with Crippen molar-refractivity contribution in [2.45, 2.75) is 57.3 Å². The van der Waals surface area contributed by atoms with Crippen LogP contribution < -0.4 is 0 Å². The molecule has 4 heteroatoms. The highest BCUT2D eigenvalue weighted by molar-refractivity contribution is 6.72. The van der Waals surface area contributed by atoms with E-state index in [-0.39, 0.29) is 6.61 Å². The molecule has 0 heterocycles. The molecule has 0 aliphatic heterocycles. The van der Waals surface area contributed by atoms with Gasteiger partial charge in [-0.05, 0) is 18.6 Å². The largest absolute Gasteiger partial charge is 0.420 e. The Labute approximate surface area is 94.6 Å². The van der Waals surface area contributed by atoms with Crippen LogP contribution in [0.25, 0.3) is 0 Å². The van der Waals surface area contributed by atoms with Crippen LogP contribution in [0.2, 0.25) is 18.6 Å². The van der Waals surface area contributed by atoms with Crippen molar-refractivity contribution in [3.8, 4) is 0 Å². The third kappa shape index (κ3) is 7.06. The van der Waals surface area contributed by atoms with Crippen molar-refractivity contribution in [3.63, 3.8) is 0 Å². The van der Waals surface area contributed by atoms with Crippen LogP contribution in [0, 0.1) is 0 Å². The second-order valence-corrected chi connectivity index (χ2v) is 8.72. The lowest BCUT2D eigenvalue weighted by Gasteiger charge is -2.27. The summed E-state index contributed by atoms with van der Waals surface area (Å²) in [6, 6.07) is 1.73. The van der Waals surface area contributed by atoms with Gasteiger partial charge in [-0.3, -0.25) is 0 Å². The van der Waals surface area contributed by atoms with E-state index in [0.717, 1.165) is 6.04 Å². The number of aliphatic hydroxyl groups is 2. The van der Waals surface area contributed by atoms with Gasteiger partial charge >= 0.3 is 0 Å². The Morgan fingerprint density at radius 1 is 1.27 bits per heavy atom. The van der Waals surface area contributed by atoms with E-state index in [0.29, 0.717) is 6.04 Å². The molecule has 0 amide bonds. The van der Waals surface area contributed by atoms with Gasteiger partial charge in [0.25, 0.3) is 0 Å². The first-order valence-electron chi connectivity index (χ1n) is 5.92. The zero-order chi connectivity index (χ0) is 11.7. The van der Waals surface area contributed by atoms with Crippen molar-refractivity contribution >= 4 is 8.32 Å². The second-order valence-electron chi connectivity index (χ2n) is 4.51. The van der Waals surface area contributed by atoms with E-state index in [4.69, 9.17) is 9.53 Å². The van der Waals surface area contributed by atoms with Gasteiger partial charge in [0.15, 0.2) is 8.32 Å². The summed E-state index contributed by atoms with van der Waals surface area (Å²) >= 11 is 0. The first kappa shape index (κ1) is 15.1. The highest BCUT2D eigenvalue weighted by Gasteiger charge is 2.29. The van der Waals surface area contributed by atoms with Crippen molar-refractivity contribution in [1.82, 2.24) is 0 Å². The van der Waals surface area contributed by atoms with Gasteiger partial charge in [-0.25, -0.2) is 0 Å². The molecular weight excluding hydrogens is 208 g/mol.